The maximum absolute atomic E-state index is 10.9. The molecule has 0 amide bonds. The molecule has 1 aromatic carbocycles. The number of carboxylic acid groups (broad SMARTS) is 1. The van der Waals surface area contributed by atoms with Crippen LogP contribution in [0.15, 0.2) is 22.7 Å². The van der Waals surface area contributed by atoms with Crippen molar-refractivity contribution in [2.45, 2.75) is 44.6 Å². The topological polar surface area (TPSA) is 46.5 Å². The highest BCUT2D eigenvalue weighted by molar-refractivity contribution is 9.10. The molecule has 1 saturated carbocycles. The standard InChI is InChI=1S/C14H17BrO3/c1-14(2,8-13(16)17)9-3-6-12(11(15)7-9)18-10-4-5-10/h3,6-7,10H,4-5,8H2,1-2H3,(H,16,17). The van der Waals surface area contributed by atoms with E-state index in [9.17, 15) is 4.79 Å². The van der Waals surface area contributed by atoms with E-state index in [1.54, 1.807) is 0 Å². The van der Waals surface area contributed by atoms with Crippen LogP contribution in [0, 0.1) is 0 Å². The molecule has 1 aliphatic rings. The zero-order valence-corrected chi connectivity index (χ0v) is 12.2. The lowest BCUT2D eigenvalue weighted by atomic mass is 9.81. The molecule has 1 fully saturated rings. The van der Waals surface area contributed by atoms with Crippen LogP contribution in [-0.2, 0) is 10.2 Å². The summed E-state index contributed by atoms with van der Waals surface area (Å²) in [5.41, 5.74) is 0.617. The summed E-state index contributed by atoms with van der Waals surface area (Å²) >= 11 is 3.49. The smallest absolute Gasteiger partial charge is 0.304 e. The van der Waals surface area contributed by atoms with Gasteiger partial charge in [-0.25, -0.2) is 0 Å². The summed E-state index contributed by atoms with van der Waals surface area (Å²) in [5, 5.41) is 8.93. The van der Waals surface area contributed by atoms with Crippen molar-refractivity contribution in [3.05, 3.63) is 28.2 Å². The van der Waals surface area contributed by atoms with Gasteiger partial charge in [-0.15, -0.1) is 0 Å². The van der Waals surface area contributed by atoms with Crippen LogP contribution >= 0.6 is 15.9 Å². The Bertz CT molecular complexity index is 464. The predicted molar refractivity (Wildman–Crippen MR) is 73.1 cm³/mol. The van der Waals surface area contributed by atoms with E-state index in [1.807, 2.05) is 32.0 Å². The van der Waals surface area contributed by atoms with Crippen LogP contribution < -0.4 is 4.74 Å². The number of halogens is 1. The molecule has 3 nitrogen and oxygen atoms in total. The second-order valence-electron chi connectivity index (χ2n) is 5.42. The molecule has 4 heteroatoms. The van der Waals surface area contributed by atoms with Gasteiger partial charge in [-0.05, 0) is 46.5 Å². The molecule has 18 heavy (non-hydrogen) atoms. The zero-order chi connectivity index (χ0) is 13.3. The fourth-order valence-corrected chi connectivity index (χ4v) is 2.34. The Labute approximate surface area is 115 Å². The van der Waals surface area contributed by atoms with E-state index in [0.717, 1.165) is 28.6 Å². The summed E-state index contributed by atoms with van der Waals surface area (Å²) in [4.78, 5) is 10.9. The number of hydrogen-bond donors (Lipinski definition) is 1. The van der Waals surface area contributed by atoms with Crippen LogP contribution in [0.25, 0.3) is 0 Å². The van der Waals surface area contributed by atoms with Gasteiger partial charge in [-0.3, -0.25) is 4.79 Å². The fourth-order valence-electron chi connectivity index (χ4n) is 1.86. The van der Waals surface area contributed by atoms with Gasteiger partial charge in [0.1, 0.15) is 5.75 Å². The first-order chi connectivity index (χ1) is 8.38. The average Bonchev–Trinajstić information content (AvgIpc) is 3.02. The molecule has 0 aromatic heterocycles. The summed E-state index contributed by atoms with van der Waals surface area (Å²) in [7, 11) is 0. The number of benzene rings is 1. The summed E-state index contributed by atoms with van der Waals surface area (Å²) in [6.07, 6.45) is 2.72. The largest absolute Gasteiger partial charge is 0.489 e. The van der Waals surface area contributed by atoms with Crippen molar-refractivity contribution < 1.29 is 14.6 Å². The van der Waals surface area contributed by atoms with Crippen LogP contribution in [0.4, 0.5) is 0 Å². The van der Waals surface area contributed by atoms with Gasteiger partial charge in [-0.1, -0.05) is 19.9 Å². The Balaban J connectivity index is 2.18. The number of carbonyl (C=O) groups is 1. The molecule has 0 heterocycles. The van der Waals surface area contributed by atoms with E-state index in [-0.39, 0.29) is 11.8 Å². The first-order valence-corrected chi connectivity index (χ1v) is 6.86. The van der Waals surface area contributed by atoms with Gasteiger partial charge in [-0.2, -0.15) is 0 Å². The van der Waals surface area contributed by atoms with Gasteiger partial charge in [0.2, 0.25) is 0 Å². The minimum Gasteiger partial charge on any atom is -0.489 e. The van der Waals surface area contributed by atoms with Crippen molar-refractivity contribution >= 4 is 21.9 Å². The molecule has 0 radical (unpaired) electrons. The Kier molecular flexibility index (Phi) is 3.66. The first kappa shape index (κ1) is 13.4. The van der Waals surface area contributed by atoms with Gasteiger partial charge in [0.05, 0.1) is 17.0 Å². The maximum atomic E-state index is 10.9. The lowest BCUT2D eigenvalue weighted by Crippen LogP contribution is -2.21. The SMILES string of the molecule is CC(C)(CC(=O)O)c1ccc(OC2CC2)c(Br)c1. The van der Waals surface area contributed by atoms with Crippen molar-refractivity contribution in [3.63, 3.8) is 0 Å². The molecule has 0 bridgehead atoms. The Hall–Kier alpha value is -1.03. The third-order valence-corrected chi connectivity index (χ3v) is 3.74. The lowest BCUT2D eigenvalue weighted by molar-refractivity contribution is -0.138. The Morgan fingerprint density at radius 3 is 2.67 bits per heavy atom. The maximum Gasteiger partial charge on any atom is 0.304 e. The molecule has 1 N–H and O–H groups in total. The zero-order valence-electron chi connectivity index (χ0n) is 10.6. The van der Waals surface area contributed by atoms with Gasteiger partial charge < -0.3 is 9.84 Å². The Morgan fingerprint density at radius 1 is 1.50 bits per heavy atom. The first-order valence-electron chi connectivity index (χ1n) is 6.07. The van der Waals surface area contributed by atoms with E-state index in [0.29, 0.717) is 6.10 Å². The summed E-state index contributed by atoms with van der Waals surface area (Å²) in [5.74, 6) is 0.0572. The third-order valence-electron chi connectivity index (χ3n) is 3.12. The molecular formula is C14H17BrO3. The number of aliphatic carboxylic acids is 1. The minimum absolute atomic E-state index is 0.113. The van der Waals surface area contributed by atoms with Gasteiger partial charge >= 0.3 is 5.97 Å². The molecule has 1 aliphatic carbocycles. The van der Waals surface area contributed by atoms with Crippen molar-refractivity contribution in [2.24, 2.45) is 0 Å². The molecule has 0 aliphatic heterocycles. The highest BCUT2D eigenvalue weighted by Crippen LogP contribution is 2.36. The van der Waals surface area contributed by atoms with Crippen LogP contribution in [0.2, 0.25) is 0 Å². The molecule has 0 spiro atoms. The van der Waals surface area contributed by atoms with Crippen LogP contribution in [0.3, 0.4) is 0 Å². The quantitative estimate of drug-likeness (QED) is 0.900. The number of hydrogen-bond acceptors (Lipinski definition) is 2. The summed E-state index contributed by atoms with van der Waals surface area (Å²) in [6.45, 7) is 3.87. The van der Waals surface area contributed by atoms with Gasteiger partial charge in [0.15, 0.2) is 0 Å². The minimum atomic E-state index is -0.783. The molecular weight excluding hydrogens is 296 g/mol. The predicted octanol–water partition coefficient (Wildman–Crippen LogP) is 3.74. The lowest BCUT2D eigenvalue weighted by Gasteiger charge is -2.23. The molecule has 0 unspecified atom stereocenters. The van der Waals surface area contributed by atoms with E-state index in [2.05, 4.69) is 15.9 Å². The second-order valence-corrected chi connectivity index (χ2v) is 6.27. The molecule has 0 atom stereocenters. The number of carboxylic acids is 1. The van der Waals surface area contributed by atoms with Gasteiger partial charge in [0, 0.05) is 5.41 Å². The third kappa shape index (κ3) is 3.25. The highest BCUT2D eigenvalue weighted by Gasteiger charge is 2.27. The number of ether oxygens (including phenoxy) is 1. The molecule has 1 aromatic rings. The van der Waals surface area contributed by atoms with E-state index >= 15 is 0 Å². The number of rotatable bonds is 5. The van der Waals surface area contributed by atoms with Crippen molar-refractivity contribution in [1.29, 1.82) is 0 Å². The molecule has 98 valence electrons. The van der Waals surface area contributed by atoms with E-state index < -0.39 is 5.97 Å². The Morgan fingerprint density at radius 2 is 2.17 bits per heavy atom. The van der Waals surface area contributed by atoms with E-state index in [4.69, 9.17) is 9.84 Å². The average molecular weight is 313 g/mol. The van der Waals surface area contributed by atoms with Gasteiger partial charge in [0.25, 0.3) is 0 Å². The summed E-state index contributed by atoms with van der Waals surface area (Å²) < 4.78 is 6.64. The molecule has 0 saturated heterocycles. The monoisotopic (exact) mass is 312 g/mol. The van der Waals surface area contributed by atoms with E-state index in [1.165, 1.54) is 0 Å². The van der Waals surface area contributed by atoms with Crippen molar-refractivity contribution in [1.82, 2.24) is 0 Å². The molecule has 2 rings (SSSR count). The van der Waals surface area contributed by atoms with Crippen LogP contribution in [0.1, 0.15) is 38.7 Å². The second kappa shape index (κ2) is 4.92. The fraction of sp³-hybridized carbons (Fsp3) is 0.500. The summed E-state index contributed by atoms with van der Waals surface area (Å²) in [6, 6.07) is 5.83. The highest BCUT2D eigenvalue weighted by atomic mass is 79.9. The van der Waals surface area contributed by atoms with Crippen molar-refractivity contribution in [2.75, 3.05) is 0 Å². The van der Waals surface area contributed by atoms with Crippen LogP contribution in [0.5, 0.6) is 5.75 Å². The normalized spacial score (nSPS) is 15.5. The van der Waals surface area contributed by atoms with Crippen LogP contribution in [-0.4, -0.2) is 17.2 Å². The van der Waals surface area contributed by atoms with Crippen molar-refractivity contribution in [3.8, 4) is 5.75 Å².